The van der Waals surface area contributed by atoms with E-state index in [1.54, 1.807) is 17.0 Å². The highest BCUT2D eigenvalue weighted by molar-refractivity contribution is 9.10. The molecule has 126 valence electrons. The number of nitrogens with zero attached hydrogens (tertiary/aromatic N) is 1. The summed E-state index contributed by atoms with van der Waals surface area (Å²) in [5.74, 6) is -0.483. The molecule has 0 aliphatic carbocycles. The van der Waals surface area contributed by atoms with Crippen LogP contribution in [0.25, 0.3) is 0 Å². The molecular weight excluding hydrogens is 379 g/mol. The Morgan fingerprint density at radius 3 is 2.38 bits per heavy atom. The average Bonchev–Trinajstić information content (AvgIpc) is 3.02. The van der Waals surface area contributed by atoms with Crippen molar-refractivity contribution in [2.75, 3.05) is 13.1 Å². The summed E-state index contributed by atoms with van der Waals surface area (Å²) in [4.78, 5) is 26.1. The maximum Gasteiger partial charge on any atom is 0.287 e. The zero-order chi connectivity index (χ0) is 17.1. The molecule has 0 radical (unpaired) electrons. The van der Waals surface area contributed by atoms with Crippen molar-refractivity contribution in [1.29, 1.82) is 0 Å². The molecule has 0 unspecified atom stereocenters. The molecule has 1 aromatic heterocycles. The van der Waals surface area contributed by atoms with Gasteiger partial charge in [-0.25, -0.2) is 4.39 Å². The highest BCUT2D eigenvalue weighted by Gasteiger charge is 2.25. The van der Waals surface area contributed by atoms with Crippen LogP contribution < -0.4 is 5.32 Å². The normalized spacial score (nSPS) is 15.3. The van der Waals surface area contributed by atoms with Gasteiger partial charge >= 0.3 is 0 Å². The van der Waals surface area contributed by atoms with Crippen LogP contribution in [0.15, 0.2) is 45.5 Å². The van der Waals surface area contributed by atoms with Crippen LogP contribution in [0.4, 0.5) is 4.39 Å². The SMILES string of the molecule is O=C(NC1CCN(C(=O)c2ccc(F)cc2)CC1)c1ccc(Br)o1. The van der Waals surface area contributed by atoms with E-state index in [4.69, 9.17) is 4.42 Å². The molecule has 1 N–H and O–H groups in total. The van der Waals surface area contributed by atoms with Crippen molar-refractivity contribution < 1.29 is 18.4 Å². The van der Waals surface area contributed by atoms with Gasteiger partial charge in [0.25, 0.3) is 11.8 Å². The van der Waals surface area contributed by atoms with Gasteiger partial charge in [0, 0.05) is 24.7 Å². The Hall–Kier alpha value is -2.15. The zero-order valence-electron chi connectivity index (χ0n) is 12.8. The fourth-order valence-electron chi connectivity index (χ4n) is 2.69. The number of rotatable bonds is 3. The monoisotopic (exact) mass is 394 g/mol. The highest BCUT2D eigenvalue weighted by Crippen LogP contribution is 2.17. The Morgan fingerprint density at radius 2 is 1.79 bits per heavy atom. The van der Waals surface area contributed by atoms with Gasteiger partial charge in [-0.3, -0.25) is 9.59 Å². The minimum atomic E-state index is -0.363. The molecule has 1 fully saturated rings. The van der Waals surface area contributed by atoms with E-state index in [1.807, 2.05) is 0 Å². The van der Waals surface area contributed by atoms with Crippen molar-refractivity contribution in [3.63, 3.8) is 0 Å². The minimum Gasteiger partial charge on any atom is -0.444 e. The van der Waals surface area contributed by atoms with Crippen molar-refractivity contribution >= 4 is 27.7 Å². The summed E-state index contributed by atoms with van der Waals surface area (Å²) in [7, 11) is 0. The molecule has 3 rings (SSSR count). The minimum absolute atomic E-state index is 0.00126. The van der Waals surface area contributed by atoms with Crippen molar-refractivity contribution in [1.82, 2.24) is 10.2 Å². The standard InChI is InChI=1S/C17H16BrFN2O3/c18-15-6-5-14(24-15)16(22)20-13-7-9-21(10-8-13)17(23)11-1-3-12(19)4-2-11/h1-6,13H,7-10H2,(H,20,22). The van der Waals surface area contributed by atoms with E-state index in [-0.39, 0.29) is 29.4 Å². The van der Waals surface area contributed by atoms with Crippen molar-refractivity contribution in [2.45, 2.75) is 18.9 Å². The van der Waals surface area contributed by atoms with Gasteiger partial charge in [-0.15, -0.1) is 0 Å². The Bertz CT molecular complexity index is 737. The number of likely N-dealkylation sites (tertiary alicyclic amines) is 1. The van der Waals surface area contributed by atoms with Crippen molar-refractivity contribution in [3.05, 3.63) is 58.2 Å². The van der Waals surface area contributed by atoms with Crippen LogP contribution in [0.2, 0.25) is 0 Å². The van der Waals surface area contributed by atoms with Gasteiger partial charge < -0.3 is 14.6 Å². The summed E-state index contributed by atoms with van der Waals surface area (Å²) in [6.45, 7) is 1.09. The summed E-state index contributed by atoms with van der Waals surface area (Å²) >= 11 is 3.16. The molecule has 2 amide bonds. The molecule has 7 heteroatoms. The Morgan fingerprint density at radius 1 is 1.12 bits per heavy atom. The third kappa shape index (κ3) is 3.84. The van der Waals surface area contributed by atoms with Gasteiger partial charge in [-0.1, -0.05) is 0 Å². The number of hydrogen-bond acceptors (Lipinski definition) is 3. The van der Waals surface area contributed by atoms with Gasteiger partial charge in [0.2, 0.25) is 0 Å². The summed E-state index contributed by atoms with van der Waals surface area (Å²) in [5.41, 5.74) is 0.472. The van der Waals surface area contributed by atoms with E-state index in [0.29, 0.717) is 36.2 Å². The van der Waals surface area contributed by atoms with E-state index in [2.05, 4.69) is 21.2 Å². The lowest BCUT2D eigenvalue weighted by atomic mass is 10.0. The summed E-state index contributed by atoms with van der Waals surface area (Å²) in [6.07, 6.45) is 1.33. The van der Waals surface area contributed by atoms with Gasteiger partial charge in [0.05, 0.1) is 0 Å². The van der Waals surface area contributed by atoms with Crippen LogP contribution in [0.5, 0.6) is 0 Å². The summed E-state index contributed by atoms with van der Waals surface area (Å²) < 4.78 is 18.7. The van der Waals surface area contributed by atoms with E-state index < -0.39 is 0 Å². The van der Waals surface area contributed by atoms with Crippen LogP contribution in [0.1, 0.15) is 33.8 Å². The molecule has 0 atom stereocenters. The molecule has 5 nitrogen and oxygen atoms in total. The maximum atomic E-state index is 12.9. The fourth-order valence-corrected chi connectivity index (χ4v) is 3.00. The quantitative estimate of drug-likeness (QED) is 0.868. The molecule has 0 bridgehead atoms. The molecule has 1 aromatic carbocycles. The number of carbonyl (C=O) groups excluding carboxylic acids is 2. The Kier molecular flexibility index (Phi) is 4.99. The fraction of sp³-hybridized carbons (Fsp3) is 0.294. The summed E-state index contributed by atoms with van der Waals surface area (Å²) in [6, 6.07) is 8.80. The number of benzene rings is 1. The smallest absolute Gasteiger partial charge is 0.287 e. The first-order valence-electron chi connectivity index (χ1n) is 7.64. The topological polar surface area (TPSA) is 62.6 Å². The number of amides is 2. The molecule has 1 aliphatic heterocycles. The lowest BCUT2D eigenvalue weighted by molar-refractivity contribution is 0.0695. The number of piperidine rings is 1. The Labute approximate surface area is 146 Å². The second-order valence-corrected chi connectivity index (χ2v) is 6.43. The first kappa shape index (κ1) is 16.7. The molecule has 2 aromatic rings. The van der Waals surface area contributed by atoms with E-state index in [9.17, 15) is 14.0 Å². The van der Waals surface area contributed by atoms with Crippen LogP contribution in [0.3, 0.4) is 0 Å². The van der Waals surface area contributed by atoms with Gasteiger partial charge in [0.15, 0.2) is 10.4 Å². The van der Waals surface area contributed by atoms with E-state index in [1.165, 1.54) is 24.3 Å². The van der Waals surface area contributed by atoms with Gasteiger partial charge in [-0.2, -0.15) is 0 Å². The zero-order valence-corrected chi connectivity index (χ0v) is 14.4. The van der Waals surface area contributed by atoms with Crippen LogP contribution in [-0.4, -0.2) is 35.8 Å². The number of halogens is 2. The van der Waals surface area contributed by atoms with E-state index in [0.717, 1.165) is 0 Å². The van der Waals surface area contributed by atoms with E-state index >= 15 is 0 Å². The number of carbonyl (C=O) groups is 2. The number of furan rings is 1. The predicted octanol–water partition coefficient (Wildman–Crippen LogP) is 3.22. The third-order valence-corrected chi connectivity index (χ3v) is 4.43. The maximum absolute atomic E-state index is 12.9. The molecule has 1 aliphatic rings. The second kappa shape index (κ2) is 7.17. The lowest BCUT2D eigenvalue weighted by Gasteiger charge is -2.32. The number of hydrogen-bond donors (Lipinski definition) is 1. The van der Waals surface area contributed by atoms with Crippen LogP contribution in [-0.2, 0) is 0 Å². The summed E-state index contributed by atoms with van der Waals surface area (Å²) in [5, 5.41) is 2.91. The largest absolute Gasteiger partial charge is 0.444 e. The van der Waals surface area contributed by atoms with Gasteiger partial charge in [0.1, 0.15) is 5.82 Å². The molecule has 0 spiro atoms. The highest BCUT2D eigenvalue weighted by atomic mass is 79.9. The first-order chi connectivity index (χ1) is 11.5. The molecule has 2 heterocycles. The van der Waals surface area contributed by atoms with Gasteiger partial charge in [-0.05, 0) is 65.2 Å². The van der Waals surface area contributed by atoms with Crippen LogP contribution in [0, 0.1) is 5.82 Å². The Balaban J connectivity index is 1.53. The van der Waals surface area contributed by atoms with Crippen LogP contribution >= 0.6 is 15.9 Å². The number of nitrogens with one attached hydrogen (secondary N) is 1. The molecule has 0 saturated carbocycles. The average molecular weight is 395 g/mol. The molecule has 1 saturated heterocycles. The molecular formula is C17H16BrFN2O3. The first-order valence-corrected chi connectivity index (χ1v) is 8.43. The third-order valence-electron chi connectivity index (χ3n) is 4.01. The molecule has 24 heavy (non-hydrogen) atoms. The lowest BCUT2D eigenvalue weighted by Crippen LogP contribution is -2.46. The van der Waals surface area contributed by atoms with Crippen molar-refractivity contribution in [3.8, 4) is 0 Å². The van der Waals surface area contributed by atoms with Crippen molar-refractivity contribution in [2.24, 2.45) is 0 Å². The predicted molar refractivity (Wildman–Crippen MR) is 89.2 cm³/mol. The second-order valence-electron chi connectivity index (χ2n) is 5.65.